The van der Waals surface area contributed by atoms with E-state index in [1.54, 1.807) is 0 Å². The Bertz CT molecular complexity index is 316. The lowest BCUT2D eigenvalue weighted by Crippen LogP contribution is -2.10. The van der Waals surface area contributed by atoms with E-state index in [0.29, 0.717) is 17.4 Å². The number of aryl methyl sites for hydroxylation is 1. The minimum Gasteiger partial charge on any atom is -0.301 e. The van der Waals surface area contributed by atoms with Crippen LogP contribution < -0.4 is 5.32 Å². The largest absolute Gasteiger partial charge is 0.301 e. The number of anilines is 1. The SMILES string of the molecule is CCc1nnc(NC(=O)CCCCCl)s1. The summed E-state index contributed by atoms with van der Waals surface area (Å²) in [5.41, 5.74) is 0. The summed E-state index contributed by atoms with van der Waals surface area (Å²) in [5.74, 6) is 0.588. The highest BCUT2D eigenvalue weighted by Gasteiger charge is 2.06. The molecule has 0 aliphatic heterocycles. The molecule has 0 aliphatic carbocycles. The molecule has 1 aromatic heterocycles. The Hall–Kier alpha value is -0.680. The molecule has 1 aromatic rings. The topological polar surface area (TPSA) is 54.9 Å². The first-order chi connectivity index (χ1) is 7.26. The van der Waals surface area contributed by atoms with Crippen molar-refractivity contribution in [3.05, 3.63) is 5.01 Å². The van der Waals surface area contributed by atoms with Crippen LogP contribution in [-0.2, 0) is 11.2 Å². The Balaban J connectivity index is 2.31. The third-order valence-electron chi connectivity index (χ3n) is 1.80. The average molecular weight is 248 g/mol. The van der Waals surface area contributed by atoms with Gasteiger partial charge in [0.2, 0.25) is 11.0 Å². The Morgan fingerprint density at radius 1 is 1.47 bits per heavy atom. The van der Waals surface area contributed by atoms with Crippen LogP contribution in [0.25, 0.3) is 0 Å². The molecule has 1 amide bonds. The minimum atomic E-state index is -0.0149. The molecule has 0 saturated heterocycles. The fraction of sp³-hybridized carbons (Fsp3) is 0.667. The molecule has 0 aromatic carbocycles. The number of hydrogen-bond donors (Lipinski definition) is 1. The molecule has 0 bridgehead atoms. The van der Waals surface area contributed by atoms with Gasteiger partial charge in [-0.25, -0.2) is 0 Å². The van der Waals surface area contributed by atoms with Crippen LogP contribution in [0.1, 0.15) is 31.2 Å². The molecule has 0 radical (unpaired) electrons. The van der Waals surface area contributed by atoms with Gasteiger partial charge in [0.15, 0.2) is 0 Å². The lowest BCUT2D eigenvalue weighted by molar-refractivity contribution is -0.116. The number of nitrogens with zero attached hydrogens (tertiary/aromatic N) is 2. The van der Waals surface area contributed by atoms with Gasteiger partial charge in [-0.05, 0) is 19.3 Å². The summed E-state index contributed by atoms with van der Waals surface area (Å²) < 4.78 is 0. The maximum Gasteiger partial charge on any atom is 0.226 e. The van der Waals surface area contributed by atoms with Gasteiger partial charge in [0, 0.05) is 12.3 Å². The summed E-state index contributed by atoms with van der Waals surface area (Å²) in [6.07, 6.45) is 3.02. The van der Waals surface area contributed by atoms with Crippen molar-refractivity contribution in [2.75, 3.05) is 11.2 Å². The van der Waals surface area contributed by atoms with E-state index in [1.807, 2.05) is 6.92 Å². The molecule has 0 unspecified atom stereocenters. The van der Waals surface area contributed by atoms with E-state index in [-0.39, 0.29) is 5.91 Å². The highest BCUT2D eigenvalue weighted by Crippen LogP contribution is 2.15. The highest BCUT2D eigenvalue weighted by atomic mass is 35.5. The number of aromatic nitrogens is 2. The van der Waals surface area contributed by atoms with Gasteiger partial charge in [0.05, 0.1) is 0 Å². The fourth-order valence-corrected chi connectivity index (χ4v) is 1.89. The monoisotopic (exact) mass is 247 g/mol. The van der Waals surface area contributed by atoms with Gasteiger partial charge >= 0.3 is 0 Å². The molecule has 4 nitrogen and oxygen atoms in total. The lowest BCUT2D eigenvalue weighted by atomic mass is 10.2. The molecule has 1 heterocycles. The van der Waals surface area contributed by atoms with Gasteiger partial charge in [-0.1, -0.05) is 18.3 Å². The third kappa shape index (κ3) is 4.57. The molecule has 0 spiro atoms. The van der Waals surface area contributed by atoms with Gasteiger partial charge in [-0.3, -0.25) is 4.79 Å². The van der Waals surface area contributed by atoms with Crippen LogP contribution in [0.4, 0.5) is 5.13 Å². The van der Waals surface area contributed by atoms with Crippen molar-refractivity contribution in [2.24, 2.45) is 0 Å². The van der Waals surface area contributed by atoms with Crippen molar-refractivity contribution in [1.82, 2.24) is 10.2 Å². The van der Waals surface area contributed by atoms with E-state index in [0.717, 1.165) is 24.3 Å². The Kier molecular flexibility index (Phi) is 5.57. The van der Waals surface area contributed by atoms with Gasteiger partial charge in [0.1, 0.15) is 5.01 Å². The van der Waals surface area contributed by atoms with Crippen molar-refractivity contribution < 1.29 is 4.79 Å². The number of carbonyl (C=O) groups excluding carboxylic acids is 1. The zero-order valence-corrected chi connectivity index (χ0v) is 10.2. The standard InChI is InChI=1S/C9H14ClN3OS/c1-2-8-12-13-9(15-8)11-7(14)5-3-4-6-10/h2-6H2,1H3,(H,11,13,14). The first-order valence-corrected chi connectivity index (χ1v) is 6.29. The van der Waals surface area contributed by atoms with Crippen molar-refractivity contribution in [3.63, 3.8) is 0 Å². The number of alkyl halides is 1. The van der Waals surface area contributed by atoms with Crippen LogP contribution in [0.15, 0.2) is 0 Å². The molecule has 0 atom stereocenters. The Labute approximate surface area is 98.0 Å². The lowest BCUT2D eigenvalue weighted by Gasteiger charge is -1.99. The number of halogens is 1. The average Bonchev–Trinajstić information content (AvgIpc) is 2.66. The second-order valence-corrected chi connectivity index (χ2v) is 4.49. The van der Waals surface area contributed by atoms with Crippen molar-refractivity contribution in [1.29, 1.82) is 0 Å². The van der Waals surface area contributed by atoms with E-state index in [1.165, 1.54) is 11.3 Å². The number of unbranched alkanes of at least 4 members (excludes halogenated alkanes) is 1. The maximum absolute atomic E-state index is 11.4. The summed E-state index contributed by atoms with van der Waals surface area (Å²) in [6.45, 7) is 2.01. The van der Waals surface area contributed by atoms with Gasteiger partial charge < -0.3 is 5.32 Å². The van der Waals surface area contributed by atoms with E-state index >= 15 is 0 Å². The summed E-state index contributed by atoms with van der Waals surface area (Å²) in [5, 5.41) is 12.0. The summed E-state index contributed by atoms with van der Waals surface area (Å²) in [7, 11) is 0. The summed E-state index contributed by atoms with van der Waals surface area (Å²) in [4.78, 5) is 11.4. The molecule has 84 valence electrons. The summed E-state index contributed by atoms with van der Waals surface area (Å²) in [6, 6.07) is 0. The zero-order valence-electron chi connectivity index (χ0n) is 8.62. The molecule has 0 aliphatic rings. The zero-order chi connectivity index (χ0) is 11.1. The Morgan fingerprint density at radius 3 is 2.87 bits per heavy atom. The van der Waals surface area contributed by atoms with E-state index in [9.17, 15) is 4.79 Å². The first-order valence-electron chi connectivity index (χ1n) is 4.94. The highest BCUT2D eigenvalue weighted by molar-refractivity contribution is 7.15. The second kappa shape index (κ2) is 6.74. The summed E-state index contributed by atoms with van der Waals surface area (Å²) >= 11 is 6.94. The number of nitrogens with one attached hydrogen (secondary N) is 1. The number of carbonyl (C=O) groups is 1. The maximum atomic E-state index is 11.4. The van der Waals surface area contributed by atoms with Gasteiger partial charge in [-0.15, -0.1) is 21.8 Å². The molecule has 1 rings (SSSR count). The molecule has 0 fully saturated rings. The number of rotatable bonds is 6. The molecule has 0 saturated carbocycles. The van der Waals surface area contributed by atoms with E-state index in [4.69, 9.17) is 11.6 Å². The van der Waals surface area contributed by atoms with Crippen LogP contribution >= 0.6 is 22.9 Å². The first kappa shape index (κ1) is 12.4. The predicted molar refractivity (Wildman–Crippen MR) is 62.5 cm³/mol. The molecule has 15 heavy (non-hydrogen) atoms. The second-order valence-electron chi connectivity index (χ2n) is 3.05. The predicted octanol–water partition coefficient (Wildman–Crippen LogP) is 2.45. The third-order valence-corrected chi connectivity index (χ3v) is 3.05. The van der Waals surface area contributed by atoms with Crippen molar-refractivity contribution in [2.45, 2.75) is 32.6 Å². The normalized spacial score (nSPS) is 10.3. The molecular formula is C9H14ClN3OS. The smallest absolute Gasteiger partial charge is 0.226 e. The molecular weight excluding hydrogens is 234 g/mol. The van der Waals surface area contributed by atoms with Crippen LogP contribution in [0.2, 0.25) is 0 Å². The van der Waals surface area contributed by atoms with Gasteiger partial charge in [0.25, 0.3) is 0 Å². The fourth-order valence-electron chi connectivity index (χ4n) is 1.01. The van der Waals surface area contributed by atoms with Crippen molar-refractivity contribution in [3.8, 4) is 0 Å². The van der Waals surface area contributed by atoms with Crippen molar-refractivity contribution >= 4 is 34.0 Å². The Morgan fingerprint density at radius 2 is 2.27 bits per heavy atom. The van der Waals surface area contributed by atoms with Crippen LogP contribution in [0.5, 0.6) is 0 Å². The van der Waals surface area contributed by atoms with E-state index < -0.39 is 0 Å². The molecule has 6 heteroatoms. The number of amides is 1. The van der Waals surface area contributed by atoms with Crippen LogP contribution in [0, 0.1) is 0 Å². The molecule has 1 N–H and O–H groups in total. The minimum absolute atomic E-state index is 0.0149. The quantitative estimate of drug-likeness (QED) is 0.621. The van der Waals surface area contributed by atoms with Crippen LogP contribution in [-0.4, -0.2) is 22.0 Å². The van der Waals surface area contributed by atoms with Gasteiger partial charge in [-0.2, -0.15) is 0 Å². The van der Waals surface area contributed by atoms with Crippen LogP contribution in [0.3, 0.4) is 0 Å². The number of hydrogen-bond acceptors (Lipinski definition) is 4. The van der Waals surface area contributed by atoms with E-state index in [2.05, 4.69) is 15.5 Å².